The van der Waals surface area contributed by atoms with Crippen LogP contribution in [0.5, 0.6) is 5.75 Å². The minimum absolute atomic E-state index is 0.198. The van der Waals surface area contributed by atoms with E-state index in [4.69, 9.17) is 19.2 Å². The summed E-state index contributed by atoms with van der Waals surface area (Å²) in [6.45, 7) is 4.93. The average Bonchev–Trinajstić information content (AvgIpc) is 3.46. The summed E-state index contributed by atoms with van der Waals surface area (Å²) in [7, 11) is 3.35. The Bertz CT molecular complexity index is 1050. The molecule has 1 saturated heterocycles. The fourth-order valence-corrected chi connectivity index (χ4v) is 4.48. The number of nitrogens with one attached hydrogen (secondary N) is 2. The van der Waals surface area contributed by atoms with Crippen molar-refractivity contribution < 1.29 is 14.2 Å². The Morgan fingerprint density at radius 1 is 1.24 bits per heavy atom. The molecular weight excluding hydrogens is 424 g/mol. The second kappa shape index (κ2) is 9.62. The first-order valence-corrected chi connectivity index (χ1v) is 11.6. The van der Waals surface area contributed by atoms with Gasteiger partial charge in [0.05, 0.1) is 12.3 Å². The summed E-state index contributed by atoms with van der Waals surface area (Å²) in [6, 6.07) is 0.277. The number of piperidine rings is 1. The van der Waals surface area contributed by atoms with Crippen LogP contribution in [0.4, 0.5) is 5.95 Å². The van der Waals surface area contributed by atoms with Gasteiger partial charge in [-0.15, -0.1) is 5.10 Å². The van der Waals surface area contributed by atoms with Gasteiger partial charge in [0.25, 0.3) is 0 Å². The van der Waals surface area contributed by atoms with Crippen molar-refractivity contribution in [2.24, 2.45) is 5.92 Å². The van der Waals surface area contributed by atoms with Crippen molar-refractivity contribution in [3.63, 3.8) is 0 Å². The monoisotopic (exact) mass is 456 g/mol. The molecule has 0 aromatic carbocycles. The molecule has 0 bridgehead atoms. The Balaban J connectivity index is 1.34. The SMILES string of the molecule is COC(CN1CC[C@H](Nc2nc3c(OC4CCC4)c(-c4cn[nH]c4)ncn3n2)[C@H](C)C1)OC. The van der Waals surface area contributed by atoms with Gasteiger partial charge >= 0.3 is 0 Å². The molecule has 2 fully saturated rings. The van der Waals surface area contributed by atoms with Crippen molar-refractivity contribution >= 4 is 11.6 Å². The van der Waals surface area contributed by atoms with Gasteiger partial charge in [-0.1, -0.05) is 6.92 Å². The van der Waals surface area contributed by atoms with Gasteiger partial charge in [-0.05, 0) is 31.6 Å². The van der Waals surface area contributed by atoms with Gasteiger partial charge in [0.1, 0.15) is 12.0 Å². The predicted molar refractivity (Wildman–Crippen MR) is 122 cm³/mol. The van der Waals surface area contributed by atoms with E-state index in [1.54, 1.807) is 31.3 Å². The summed E-state index contributed by atoms with van der Waals surface area (Å²) in [6.07, 6.45) is 9.52. The highest BCUT2D eigenvalue weighted by atomic mass is 16.7. The van der Waals surface area contributed by atoms with Crippen molar-refractivity contribution in [3.8, 4) is 17.0 Å². The Labute approximate surface area is 192 Å². The van der Waals surface area contributed by atoms with E-state index in [1.165, 1.54) is 6.42 Å². The lowest BCUT2D eigenvalue weighted by Gasteiger charge is -2.38. The third-order valence-corrected chi connectivity index (χ3v) is 6.69. The fraction of sp³-hybridized carbons (Fsp3) is 0.636. The van der Waals surface area contributed by atoms with Crippen LogP contribution in [0.25, 0.3) is 16.9 Å². The van der Waals surface area contributed by atoms with Crippen LogP contribution < -0.4 is 10.1 Å². The standard InChI is InChI=1S/C22H32N8O3/c1-14-11-29(12-18(31-2)32-3)8-7-17(14)26-22-27-21-20(33-16-5-4-6-16)19(15-9-24-25-10-15)23-13-30(21)28-22/h9-10,13-14,16-18H,4-8,11-12H2,1-3H3,(H,24,25)(H,26,28)/t14-,17+/m1/s1. The van der Waals surface area contributed by atoms with E-state index in [-0.39, 0.29) is 18.4 Å². The molecule has 2 atom stereocenters. The Morgan fingerprint density at radius 3 is 2.76 bits per heavy atom. The third kappa shape index (κ3) is 4.66. The number of anilines is 1. The summed E-state index contributed by atoms with van der Waals surface area (Å²) in [5, 5.41) is 15.1. The van der Waals surface area contributed by atoms with E-state index in [1.807, 2.05) is 6.20 Å². The lowest BCUT2D eigenvalue weighted by molar-refractivity contribution is -0.119. The number of rotatable bonds is 9. The molecule has 2 aliphatic rings. The molecular formula is C22H32N8O3. The van der Waals surface area contributed by atoms with Crippen molar-refractivity contribution in [2.75, 3.05) is 39.2 Å². The van der Waals surface area contributed by atoms with Gasteiger partial charge < -0.3 is 19.5 Å². The van der Waals surface area contributed by atoms with Crippen LogP contribution in [-0.2, 0) is 9.47 Å². The first kappa shape index (κ1) is 22.1. The molecule has 0 spiro atoms. The number of aromatic nitrogens is 6. The van der Waals surface area contributed by atoms with Crippen molar-refractivity contribution in [3.05, 3.63) is 18.7 Å². The topological polar surface area (TPSA) is 115 Å². The van der Waals surface area contributed by atoms with E-state index in [2.05, 4.69) is 37.4 Å². The number of aromatic amines is 1. The van der Waals surface area contributed by atoms with Crippen molar-refractivity contribution in [2.45, 2.75) is 51.0 Å². The zero-order chi connectivity index (χ0) is 22.8. The summed E-state index contributed by atoms with van der Waals surface area (Å²) < 4.78 is 18.7. The van der Waals surface area contributed by atoms with Crippen LogP contribution >= 0.6 is 0 Å². The molecule has 0 amide bonds. The second-order valence-corrected chi connectivity index (χ2v) is 8.96. The number of nitrogens with zero attached hydrogens (tertiary/aromatic N) is 6. The Morgan fingerprint density at radius 2 is 2.09 bits per heavy atom. The molecule has 1 saturated carbocycles. The molecule has 33 heavy (non-hydrogen) atoms. The first-order chi connectivity index (χ1) is 16.1. The maximum absolute atomic E-state index is 6.33. The molecule has 3 aromatic rings. The normalized spacial score (nSPS) is 22.1. The van der Waals surface area contributed by atoms with Gasteiger partial charge in [-0.25, -0.2) is 4.98 Å². The number of hydrogen-bond acceptors (Lipinski definition) is 9. The summed E-state index contributed by atoms with van der Waals surface area (Å²) >= 11 is 0. The number of hydrogen-bond donors (Lipinski definition) is 2. The summed E-state index contributed by atoms with van der Waals surface area (Å²) in [5.74, 6) is 1.68. The van der Waals surface area contributed by atoms with E-state index in [9.17, 15) is 0 Å². The maximum atomic E-state index is 6.33. The predicted octanol–water partition coefficient (Wildman–Crippen LogP) is 2.19. The fourth-order valence-electron chi connectivity index (χ4n) is 4.48. The van der Waals surface area contributed by atoms with Gasteiger partial charge in [0, 0.05) is 51.7 Å². The van der Waals surface area contributed by atoms with Crippen LogP contribution in [0.15, 0.2) is 18.7 Å². The van der Waals surface area contributed by atoms with Crippen LogP contribution in [0.1, 0.15) is 32.6 Å². The van der Waals surface area contributed by atoms with Crippen molar-refractivity contribution in [1.29, 1.82) is 0 Å². The molecule has 178 valence electrons. The van der Waals surface area contributed by atoms with Gasteiger partial charge in [-0.2, -0.15) is 14.6 Å². The molecule has 1 aliphatic heterocycles. The van der Waals surface area contributed by atoms with Gasteiger partial charge in [0.15, 0.2) is 12.0 Å². The highest BCUT2D eigenvalue weighted by Crippen LogP contribution is 2.35. The molecule has 5 rings (SSSR count). The van der Waals surface area contributed by atoms with E-state index < -0.39 is 0 Å². The lowest BCUT2D eigenvalue weighted by atomic mass is 9.94. The van der Waals surface area contributed by atoms with E-state index >= 15 is 0 Å². The smallest absolute Gasteiger partial charge is 0.243 e. The molecule has 3 aromatic heterocycles. The van der Waals surface area contributed by atoms with Crippen LogP contribution in [0.2, 0.25) is 0 Å². The second-order valence-electron chi connectivity index (χ2n) is 8.96. The Kier molecular flexibility index (Phi) is 6.43. The summed E-state index contributed by atoms with van der Waals surface area (Å²) in [4.78, 5) is 11.8. The molecule has 11 heteroatoms. The molecule has 4 heterocycles. The number of ether oxygens (including phenoxy) is 3. The van der Waals surface area contributed by atoms with Crippen LogP contribution in [-0.4, -0.2) is 87.0 Å². The number of H-pyrrole nitrogens is 1. The van der Waals surface area contributed by atoms with Gasteiger partial charge in [-0.3, -0.25) is 10.00 Å². The number of likely N-dealkylation sites (tertiary alicyclic amines) is 1. The van der Waals surface area contributed by atoms with E-state index in [0.29, 0.717) is 23.3 Å². The zero-order valence-electron chi connectivity index (χ0n) is 19.4. The molecule has 2 N–H and O–H groups in total. The minimum Gasteiger partial charge on any atom is -0.484 e. The highest BCUT2D eigenvalue weighted by molar-refractivity contribution is 5.74. The van der Waals surface area contributed by atoms with Crippen molar-refractivity contribution in [1.82, 2.24) is 34.7 Å². The summed E-state index contributed by atoms with van der Waals surface area (Å²) in [5.41, 5.74) is 2.27. The van der Waals surface area contributed by atoms with Crippen LogP contribution in [0, 0.1) is 5.92 Å². The molecule has 0 unspecified atom stereocenters. The van der Waals surface area contributed by atoms with Gasteiger partial charge in [0.2, 0.25) is 11.6 Å². The molecule has 11 nitrogen and oxygen atoms in total. The average molecular weight is 457 g/mol. The highest BCUT2D eigenvalue weighted by Gasteiger charge is 2.29. The quantitative estimate of drug-likeness (QED) is 0.468. The number of fused-ring (bicyclic) bond motifs is 1. The maximum Gasteiger partial charge on any atom is 0.243 e. The van der Waals surface area contributed by atoms with Crippen LogP contribution in [0.3, 0.4) is 0 Å². The lowest BCUT2D eigenvalue weighted by Crippen LogP contribution is -2.48. The molecule has 1 aliphatic carbocycles. The third-order valence-electron chi connectivity index (χ3n) is 6.69. The first-order valence-electron chi connectivity index (χ1n) is 11.6. The number of methoxy groups -OCH3 is 2. The minimum atomic E-state index is -0.201. The zero-order valence-corrected chi connectivity index (χ0v) is 19.4. The Hall–Kier alpha value is -2.76. The van der Waals surface area contributed by atoms with E-state index in [0.717, 1.165) is 50.2 Å². The largest absolute Gasteiger partial charge is 0.484 e. The molecule has 0 radical (unpaired) electrons.